The molecule has 0 radical (unpaired) electrons. The molecule has 6 nitrogen and oxygen atoms in total. The summed E-state index contributed by atoms with van der Waals surface area (Å²) in [5.41, 5.74) is 2.34. The number of aromatic amines is 1. The second-order valence-corrected chi connectivity index (χ2v) is 9.83. The zero-order valence-corrected chi connectivity index (χ0v) is 17.3. The van der Waals surface area contributed by atoms with Crippen molar-refractivity contribution in [3.05, 3.63) is 65.6 Å². The number of carbonyl (C=O) groups excluding carboxylic acids is 1. The molecule has 0 bridgehead atoms. The largest absolute Gasteiger partial charge is 0.496 e. The molecule has 2 aromatic carbocycles. The van der Waals surface area contributed by atoms with Gasteiger partial charge in [-0.05, 0) is 41.8 Å². The van der Waals surface area contributed by atoms with E-state index in [1.54, 1.807) is 19.2 Å². The van der Waals surface area contributed by atoms with E-state index in [-0.39, 0.29) is 35.7 Å². The Kier molecular flexibility index (Phi) is 5.51. The van der Waals surface area contributed by atoms with Crippen molar-refractivity contribution in [2.24, 2.45) is 0 Å². The highest BCUT2D eigenvalue weighted by molar-refractivity contribution is 7.91. The monoisotopic (exact) mass is 430 g/mol. The standard InChI is InChI=1S/C22H23FN2O4S/c1-29-20-7-3-6-19-22(20)18(12-24-19)17(14-4-2-5-15(23)10-14)11-21(26)25-16-8-9-30(27,28)13-16/h2-7,10,12,16-17,24H,8-9,11,13H2,1H3,(H,25,26). The average molecular weight is 431 g/mol. The molecule has 1 aliphatic rings. The lowest BCUT2D eigenvalue weighted by Crippen LogP contribution is -2.36. The summed E-state index contributed by atoms with van der Waals surface area (Å²) in [6, 6.07) is 11.4. The average Bonchev–Trinajstić information content (AvgIpc) is 3.28. The fourth-order valence-corrected chi connectivity index (χ4v) is 5.81. The van der Waals surface area contributed by atoms with E-state index in [0.29, 0.717) is 17.7 Å². The van der Waals surface area contributed by atoms with Gasteiger partial charge in [0, 0.05) is 35.5 Å². The maximum absolute atomic E-state index is 14.0. The molecule has 1 aromatic heterocycles. The Hall–Kier alpha value is -2.87. The normalized spacial score (nSPS) is 18.9. The first-order valence-electron chi connectivity index (χ1n) is 9.75. The van der Waals surface area contributed by atoms with Gasteiger partial charge in [0.1, 0.15) is 11.6 Å². The van der Waals surface area contributed by atoms with Crippen LogP contribution in [0.3, 0.4) is 0 Å². The molecule has 0 spiro atoms. The summed E-state index contributed by atoms with van der Waals surface area (Å²) in [5.74, 6) is -0.367. The molecule has 3 aromatic rings. The maximum atomic E-state index is 14.0. The van der Waals surface area contributed by atoms with Gasteiger partial charge < -0.3 is 15.0 Å². The number of rotatable bonds is 6. The van der Waals surface area contributed by atoms with Gasteiger partial charge in [-0.2, -0.15) is 0 Å². The van der Waals surface area contributed by atoms with Gasteiger partial charge in [0.2, 0.25) is 5.91 Å². The highest BCUT2D eigenvalue weighted by Crippen LogP contribution is 2.38. The van der Waals surface area contributed by atoms with Gasteiger partial charge >= 0.3 is 0 Å². The van der Waals surface area contributed by atoms with Crippen molar-refractivity contribution < 1.29 is 22.3 Å². The fourth-order valence-electron chi connectivity index (χ4n) is 4.13. The first kappa shape index (κ1) is 20.4. The van der Waals surface area contributed by atoms with E-state index >= 15 is 0 Å². The van der Waals surface area contributed by atoms with Crippen molar-refractivity contribution in [2.45, 2.75) is 24.8 Å². The molecular formula is C22H23FN2O4S. The summed E-state index contributed by atoms with van der Waals surface area (Å²) >= 11 is 0. The quantitative estimate of drug-likeness (QED) is 0.629. The van der Waals surface area contributed by atoms with E-state index < -0.39 is 15.8 Å². The van der Waals surface area contributed by atoms with Crippen molar-refractivity contribution in [3.8, 4) is 5.75 Å². The number of benzene rings is 2. The molecule has 1 aliphatic heterocycles. The number of carbonyl (C=O) groups is 1. The van der Waals surface area contributed by atoms with Gasteiger partial charge in [0.15, 0.2) is 9.84 Å². The minimum atomic E-state index is -3.09. The van der Waals surface area contributed by atoms with Crippen LogP contribution in [0.5, 0.6) is 5.75 Å². The van der Waals surface area contributed by atoms with Crippen molar-refractivity contribution >= 4 is 26.6 Å². The number of amides is 1. The Morgan fingerprint density at radius 3 is 2.80 bits per heavy atom. The van der Waals surface area contributed by atoms with E-state index in [2.05, 4.69) is 10.3 Å². The minimum Gasteiger partial charge on any atom is -0.496 e. The first-order chi connectivity index (χ1) is 14.4. The molecule has 2 atom stereocenters. The molecule has 158 valence electrons. The van der Waals surface area contributed by atoms with Crippen LogP contribution < -0.4 is 10.1 Å². The summed E-state index contributed by atoms with van der Waals surface area (Å²) in [7, 11) is -1.51. The van der Waals surface area contributed by atoms with Gasteiger partial charge in [-0.15, -0.1) is 0 Å². The number of nitrogens with one attached hydrogen (secondary N) is 2. The van der Waals surface area contributed by atoms with Crippen LogP contribution in [-0.4, -0.2) is 44.0 Å². The number of H-pyrrole nitrogens is 1. The van der Waals surface area contributed by atoms with Crippen molar-refractivity contribution in [1.82, 2.24) is 10.3 Å². The molecule has 30 heavy (non-hydrogen) atoms. The molecular weight excluding hydrogens is 407 g/mol. The van der Waals surface area contributed by atoms with E-state index in [1.165, 1.54) is 12.1 Å². The lowest BCUT2D eigenvalue weighted by molar-refractivity contribution is -0.121. The lowest BCUT2D eigenvalue weighted by Gasteiger charge is -2.19. The molecule has 1 fully saturated rings. The molecule has 2 unspecified atom stereocenters. The predicted octanol–water partition coefficient (Wildman–Crippen LogP) is 3.14. The van der Waals surface area contributed by atoms with E-state index in [4.69, 9.17) is 4.74 Å². The number of hydrogen-bond donors (Lipinski definition) is 2. The Bertz CT molecular complexity index is 1190. The minimum absolute atomic E-state index is 0.0374. The van der Waals surface area contributed by atoms with Crippen LogP contribution in [0.1, 0.15) is 29.9 Å². The molecule has 0 aliphatic carbocycles. The lowest BCUT2D eigenvalue weighted by atomic mass is 9.87. The third-order valence-electron chi connectivity index (χ3n) is 5.53. The molecule has 1 saturated heterocycles. The topological polar surface area (TPSA) is 88.3 Å². The van der Waals surface area contributed by atoms with Gasteiger partial charge in [0.05, 0.1) is 18.6 Å². The SMILES string of the molecule is COc1cccc2[nH]cc(C(CC(=O)NC3CCS(=O)(=O)C3)c3cccc(F)c3)c12. The summed E-state index contributed by atoms with van der Waals surface area (Å²) in [6.45, 7) is 0. The molecule has 4 rings (SSSR count). The number of halogens is 1. The highest BCUT2D eigenvalue weighted by Gasteiger charge is 2.30. The Morgan fingerprint density at radius 2 is 2.10 bits per heavy atom. The number of sulfone groups is 1. The summed E-state index contributed by atoms with van der Waals surface area (Å²) in [5, 5.41) is 3.67. The summed E-state index contributed by atoms with van der Waals surface area (Å²) in [6.07, 6.45) is 2.29. The summed E-state index contributed by atoms with van der Waals surface area (Å²) < 4.78 is 42.9. The van der Waals surface area contributed by atoms with Crippen LogP contribution in [-0.2, 0) is 14.6 Å². The van der Waals surface area contributed by atoms with Crippen LogP contribution >= 0.6 is 0 Å². The maximum Gasteiger partial charge on any atom is 0.221 e. The van der Waals surface area contributed by atoms with Gasteiger partial charge in [-0.1, -0.05) is 18.2 Å². The van der Waals surface area contributed by atoms with Gasteiger partial charge in [0.25, 0.3) is 0 Å². The zero-order valence-electron chi connectivity index (χ0n) is 16.5. The second kappa shape index (κ2) is 8.10. The van der Waals surface area contributed by atoms with E-state index in [1.807, 2.05) is 24.4 Å². The fraction of sp³-hybridized carbons (Fsp3) is 0.318. The number of ether oxygens (including phenoxy) is 1. The van der Waals surface area contributed by atoms with E-state index in [9.17, 15) is 17.6 Å². The Morgan fingerprint density at radius 1 is 1.30 bits per heavy atom. The Labute approximate surface area is 174 Å². The number of aromatic nitrogens is 1. The zero-order chi connectivity index (χ0) is 21.3. The van der Waals surface area contributed by atoms with Crippen molar-refractivity contribution in [3.63, 3.8) is 0 Å². The Balaban J connectivity index is 1.69. The van der Waals surface area contributed by atoms with Gasteiger partial charge in [-0.25, -0.2) is 12.8 Å². The van der Waals surface area contributed by atoms with Crippen LogP contribution in [0.2, 0.25) is 0 Å². The smallest absolute Gasteiger partial charge is 0.221 e. The third kappa shape index (κ3) is 4.18. The molecule has 0 saturated carbocycles. The molecule has 2 heterocycles. The molecule has 2 N–H and O–H groups in total. The molecule has 1 amide bonds. The third-order valence-corrected chi connectivity index (χ3v) is 7.30. The second-order valence-electron chi connectivity index (χ2n) is 7.61. The highest BCUT2D eigenvalue weighted by atomic mass is 32.2. The number of methoxy groups -OCH3 is 1. The van der Waals surface area contributed by atoms with Crippen LogP contribution in [0.4, 0.5) is 4.39 Å². The predicted molar refractivity (Wildman–Crippen MR) is 113 cm³/mol. The van der Waals surface area contributed by atoms with Crippen molar-refractivity contribution in [1.29, 1.82) is 0 Å². The van der Waals surface area contributed by atoms with Crippen molar-refractivity contribution in [2.75, 3.05) is 18.6 Å². The van der Waals surface area contributed by atoms with Crippen LogP contribution in [0.25, 0.3) is 10.9 Å². The van der Waals surface area contributed by atoms with E-state index in [0.717, 1.165) is 16.5 Å². The first-order valence-corrected chi connectivity index (χ1v) is 11.6. The van der Waals surface area contributed by atoms with Crippen LogP contribution in [0, 0.1) is 5.82 Å². The number of fused-ring (bicyclic) bond motifs is 1. The van der Waals surface area contributed by atoms with Gasteiger partial charge in [-0.3, -0.25) is 4.79 Å². The number of hydrogen-bond acceptors (Lipinski definition) is 4. The molecule has 8 heteroatoms. The van der Waals surface area contributed by atoms with Crippen LogP contribution in [0.15, 0.2) is 48.7 Å². The summed E-state index contributed by atoms with van der Waals surface area (Å²) in [4.78, 5) is 16.0.